The molecular formula is C20H20N2O3. The number of nitrogens with zero attached hydrogens (tertiary/aromatic N) is 1. The number of carbonyl (C=O) groups is 1. The number of anilines is 1. The van der Waals surface area contributed by atoms with Gasteiger partial charge in [0.25, 0.3) is 5.91 Å². The fourth-order valence-electron chi connectivity index (χ4n) is 2.32. The molecule has 0 saturated heterocycles. The number of nitrogens with one attached hydrogen (secondary N) is 1. The molecule has 5 nitrogen and oxygen atoms in total. The number of aryl methyl sites for hydroxylation is 2. The van der Waals surface area contributed by atoms with E-state index < -0.39 is 5.91 Å². The number of amides is 1. The Morgan fingerprint density at radius 2 is 1.80 bits per heavy atom. The highest BCUT2D eigenvalue weighted by atomic mass is 16.5. The highest BCUT2D eigenvalue weighted by molar-refractivity contribution is 6.10. The molecule has 2 rings (SSSR count). The lowest BCUT2D eigenvalue weighted by molar-refractivity contribution is -0.112. The molecule has 0 atom stereocenters. The molecule has 128 valence electrons. The minimum Gasteiger partial charge on any atom is -0.493 e. The lowest BCUT2D eigenvalue weighted by Gasteiger charge is -2.10. The Kier molecular flexibility index (Phi) is 5.80. The monoisotopic (exact) mass is 336 g/mol. The predicted octanol–water partition coefficient (Wildman–Crippen LogP) is 3.87. The zero-order valence-corrected chi connectivity index (χ0v) is 14.7. The van der Waals surface area contributed by atoms with E-state index in [0.717, 1.165) is 11.1 Å². The van der Waals surface area contributed by atoms with Gasteiger partial charge < -0.3 is 14.8 Å². The number of rotatable bonds is 5. The number of hydrogen-bond acceptors (Lipinski definition) is 4. The first-order chi connectivity index (χ1) is 12.0. The summed E-state index contributed by atoms with van der Waals surface area (Å²) >= 11 is 0. The number of ether oxygens (including phenoxy) is 2. The summed E-state index contributed by atoms with van der Waals surface area (Å²) in [5.74, 6) is 0.660. The Balaban J connectivity index is 2.29. The summed E-state index contributed by atoms with van der Waals surface area (Å²) in [5.41, 5.74) is 3.34. The third-order valence-corrected chi connectivity index (χ3v) is 3.72. The summed E-state index contributed by atoms with van der Waals surface area (Å²) in [6.07, 6.45) is 1.52. The van der Waals surface area contributed by atoms with Gasteiger partial charge in [-0.2, -0.15) is 5.26 Å². The van der Waals surface area contributed by atoms with Crippen molar-refractivity contribution in [2.45, 2.75) is 13.8 Å². The maximum atomic E-state index is 12.4. The van der Waals surface area contributed by atoms with Crippen LogP contribution in [0, 0.1) is 25.2 Å². The van der Waals surface area contributed by atoms with Gasteiger partial charge in [0.2, 0.25) is 0 Å². The number of methoxy groups -OCH3 is 2. The summed E-state index contributed by atoms with van der Waals surface area (Å²) < 4.78 is 10.4. The van der Waals surface area contributed by atoms with E-state index in [0.29, 0.717) is 22.7 Å². The molecule has 0 aliphatic rings. The van der Waals surface area contributed by atoms with E-state index in [-0.39, 0.29) is 5.57 Å². The Morgan fingerprint density at radius 1 is 1.08 bits per heavy atom. The maximum absolute atomic E-state index is 12.4. The number of benzene rings is 2. The zero-order chi connectivity index (χ0) is 18.4. The van der Waals surface area contributed by atoms with Gasteiger partial charge in [0.15, 0.2) is 11.5 Å². The van der Waals surface area contributed by atoms with Crippen LogP contribution in [0.3, 0.4) is 0 Å². The van der Waals surface area contributed by atoms with Crippen LogP contribution in [0.4, 0.5) is 5.69 Å². The number of nitriles is 1. The summed E-state index contributed by atoms with van der Waals surface area (Å²) in [5, 5.41) is 12.1. The third kappa shape index (κ3) is 4.39. The van der Waals surface area contributed by atoms with E-state index >= 15 is 0 Å². The zero-order valence-electron chi connectivity index (χ0n) is 14.7. The molecular weight excluding hydrogens is 316 g/mol. The summed E-state index contributed by atoms with van der Waals surface area (Å²) in [7, 11) is 3.08. The molecule has 0 radical (unpaired) electrons. The average molecular weight is 336 g/mol. The molecule has 0 fully saturated rings. The standard InChI is InChI=1S/C20H20N2O3/c1-13-5-6-14(2)17(9-13)22-20(23)16(12-21)10-15-7-8-18(24-3)19(11-15)25-4/h5-11H,1-4H3,(H,22,23)/b16-10-. The van der Waals surface area contributed by atoms with Gasteiger partial charge in [0.1, 0.15) is 11.6 Å². The van der Waals surface area contributed by atoms with Crippen LogP contribution in [-0.4, -0.2) is 20.1 Å². The van der Waals surface area contributed by atoms with E-state index in [1.807, 2.05) is 38.1 Å². The van der Waals surface area contributed by atoms with Crippen molar-refractivity contribution in [3.8, 4) is 17.6 Å². The molecule has 0 aliphatic heterocycles. The lowest BCUT2D eigenvalue weighted by atomic mass is 10.1. The van der Waals surface area contributed by atoms with Gasteiger partial charge in [-0.25, -0.2) is 0 Å². The van der Waals surface area contributed by atoms with Gasteiger partial charge in [-0.3, -0.25) is 4.79 Å². The molecule has 1 N–H and O–H groups in total. The second-order valence-corrected chi connectivity index (χ2v) is 5.56. The van der Waals surface area contributed by atoms with E-state index in [1.165, 1.54) is 13.2 Å². The SMILES string of the molecule is COc1ccc(/C=C(/C#N)C(=O)Nc2cc(C)ccc2C)cc1OC. The fraction of sp³-hybridized carbons (Fsp3) is 0.200. The van der Waals surface area contributed by atoms with Crippen LogP contribution in [0.25, 0.3) is 6.08 Å². The van der Waals surface area contributed by atoms with Crippen molar-refractivity contribution in [2.75, 3.05) is 19.5 Å². The predicted molar refractivity (Wildman–Crippen MR) is 97.7 cm³/mol. The molecule has 2 aromatic carbocycles. The van der Waals surface area contributed by atoms with Gasteiger partial charge in [-0.1, -0.05) is 18.2 Å². The summed E-state index contributed by atoms with van der Waals surface area (Å²) in [6.45, 7) is 3.85. The van der Waals surface area contributed by atoms with Crippen molar-refractivity contribution in [1.29, 1.82) is 5.26 Å². The second-order valence-electron chi connectivity index (χ2n) is 5.56. The van der Waals surface area contributed by atoms with Gasteiger partial charge in [-0.15, -0.1) is 0 Å². The topological polar surface area (TPSA) is 71.3 Å². The van der Waals surface area contributed by atoms with Crippen LogP contribution < -0.4 is 14.8 Å². The van der Waals surface area contributed by atoms with Crippen LogP contribution >= 0.6 is 0 Å². The van der Waals surface area contributed by atoms with Crippen LogP contribution in [0.1, 0.15) is 16.7 Å². The van der Waals surface area contributed by atoms with Crippen molar-refractivity contribution >= 4 is 17.7 Å². The number of hydrogen-bond donors (Lipinski definition) is 1. The molecule has 1 amide bonds. The highest BCUT2D eigenvalue weighted by Gasteiger charge is 2.12. The molecule has 25 heavy (non-hydrogen) atoms. The summed E-state index contributed by atoms with van der Waals surface area (Å²) in [4.78, 5) is 12.4. The first kappa shape index (κ1) is 18.1. The van der Waals surface area contributed by atoms with E-state index in [2.05, 4.69) is 5.32 Å². The van der Waals surface area contributed by atoms with E-state index in [1.54, 1.807) is 25.3 Å². The van der Waals surface area contributed by atoms with Crippen molar-refractivity contribution < 1.29 is 14.3 Å². The first-order valence-electron chi connectivity index (χ1n) is 7.71. The Morgan fingerprint density at radius 3 is 2.44 bits per heavy atom. The minimum absolute atomic E-state index is 0.00752. The first-order valence-corrected chi connectivity index (χ1v) is 7.71. The van der Waals surface area contributed by atoms with E-state index in [4.69, 9.17) is 9.47 Å². The molecule has 0 heterocycles. The van der Waals surface area contributed by atoms with Gasteiger partial charge in [0, 0.05) is 5.69 Å². The van der Waals surface area contributed by atoms with Gasteiger partial charge >= 0.3 is 0 Å². The smallest absolute Gasteiger partial charge is 0.266 e. The van der Waals surface area contributed by atoms with Crippen LogP contribution in [0.2, 0.25) is 0 Å². The molecule has 5 heteroatoms. The fourth-order valence-corrected chi connectivity index (χ4v) is 2.32. The van der Waals surface area contributed by atoms with Crippen molar-refractivity contribution in [3.05, 3.63) is 58.7 Å². The molecule has 0 bridgehead atoms. The normalized spacial score (nSPS) is 10.8. The Hall–Kier alpha value is -3.26. The average Bonchev–Trinajstić information content (AvgIpc) is 2.62. The third-order valence-electron chi connectivity index (χ3n) is 3.72. The second kappa shape index (κ2) is 8.02. The van der Waals surface area contributed by atoms with Gasteiger partial charge in [-0.05, 0) is 54.8 Å². The Bertz CT molecular complexity index is 864. The van der Waals surface area contributed by atoms with Crippen molar-refractivity contribution in [2.24, 2.45) is 0 Å². The molecule has 2 aromatic rings. The molecule has 0 spiro atoms. The van der Waals surface area contributed by atoms with Gasteiger partial charge in [0.05, 0.1) is 14.2 Å². The molecule has 0 aliphatic carbocycles. The summed E-state index contributed by atoms with van der Waals surface area (Å²) in [6, 6.07) is 12.9. The largest absolute Gasteiger partial charge is 0.493 e. The lowest BCUT2D eigenvalue weighted by Crippen LogP contribution is -2.14. The Labute approximate surface area is 147 Å². The highest BCUT2D eigenvalue weighted by Crippen LogP contribution is 2.28. The maximum Gasteiger partial charge on any atom is 0.266 e. The molecule has 0 saturated carbocycles. The van der Waals surface area contributed by atoms with Crippen LogP contribution in [0.15, 0.2) is 42.0 Å². The minimum atomic E-state index is -0.453. The quantitative estimate of drug-likeness (QED) is 0.665. The van der Waals surface area contributed by atoms with Crippen molar-refractivity contribution in [1.82, 2.24) is 0 Å². The van der Waals surface area contributed by atoms with Crippen LogP contribution in [0.5, 0.6) is 11.5 Å². The molecule has 0 unspecified atom stereocenters. The van der Waals surface area contributed by atoms with E-state index in [9.17, 15) is 10.1 Å². The number of carbonyl (C=O) groups excluding carboxylic acids is 1. The van der Waals surface area contributed by atoms with Crippen molar-refractivity contribution in [3.63, 3.8) is 0 Å². The molecule has 0 aromatic heterocycles. The van der Waals surface area contributed by atoms with Crippen LogP contribution in [-0.2, 0) is 4.79 Å².